The van der Waals surface area contributed by atoms with Gasteiger partial charge in [0.2, 0.25) is 0 Å². The molecule has 0 atom stereocenters. The van der Waals surface area contributed by atoms with E-state index in [1.165, 1.54) is 11.3 Å². The van der Waals surface area contributed by atoms with Crippen LogP contribution in [0.1, 0.15) is 40.9 Å². The Hall–Kier alpha value is -0.870. The molecule has 1 aromatic rings. The first kappa shape index (κ1) is 12.6. The molecule has 0 radical (unpaired) electrons. The second kappa shape index (κ2) is 5.65. The van der Waals surface area contributed by atoms with E-state index >= 15 is 0 Å². The first-order chi connectivity index (χ1) is 8.20. The van der Waals surface area contributed by atoms with Gasteiger partial charge in [0.25, 0.3) is 5.91 Å². The van der Waals surface area contributed by atoms with Crippen LogP contribution in [0.15, 0.2) is 11.4 Å². The average Bonchev–Trinajstić information content (AvgIpc) is 2.76. The molecule has 17 heavy (non-hydrogen) atoms. The minimum Gasteiger partial charge on any atom is -0.349 e. The molecular formula is C13H20N2OS. The van der Waals surface area contributed by atoms with Crippen LogP contribution in [0.3, 0.4) is 0 Å². The summed E-state index contributed by atoms with van der Waals surface area (Å²) >= 11 is 1.53. The molecule has 0 spiro atoms. The average molecular weight is 252 g/mol. The quantitative estimate of drug-likeness (QED) is 0.867. The molecule has 0 unspecified atom stereocenters. The smallest absolute Gasteiger partial charge is 0.261 e. The lowest BCUT2D eigenvalue weighted by atomic mass is 9.91. The number of thiophene rings is 1. The molecule has 1 aliphatic rings. The molecule has 1 fully saturated rings. The Balaban J connectivity index is 1.86. The maximum Gasteiger partial charge on any atom is 0.261 e. The topological polar surface area (TPSA) is 41.1 Å². The standard InChI is InChI=1S/C13H20N2OS/c1-9-7-8-17-12(9)13(16)15-11-5-3-10(14-2)4-6-11/h7-8,10-11,14H,3-6H2,1-2H3,(H,15,16). The number of rotatable bonds is 3. The highest BCUT2D eigenvalue weighted by Gasteiger charge is 2.22. The summed E-state index contributed by atoms with van der Waals surface area (Å²) in [5.74, 6) is 0.102. The number of carbonyl (C=O) groups excluding carboxylic acids is 1. The summed E-state index contributed by atoms with van der Waals surface area (Å²) < 4.78 is 0. The monoisotopic (exact) mass is 252 g/mol. The van der Waals surface area contributed by atoms with E-state index in [0.29, 0.717) is 12.1 Å². The lowest BCUT2D eigenvalue weighted by molar-refractivity contribution is 0.0928. The second-order valence-corrected chi connectivity index (χ2v) is 5.66. The van der Waals surface area contributed by atoms with Gasteiger partial charge < -0.3 is 10.6 Å². The molecule has 0 aromatic carbocycles. The largest absolute Gasteiger partial charge is 0.349 e. The Labute approximate surface area is 107 Å². The third kappa shape index (κ3) is 3.07. The molecule has 1 aromatic heterocycles. The van der Waals surface area contributed by atoms with Gasteiger partial charge in [0.1, 0.15) is 0 Å². The molecule has 94 valence electrons. The van der Waals surface area contributed by atoms with Crippen molar-refractivity contribution in [3.8, 4) is 0 Å². The molecule has 4 heteroatoms. The zero-order valence-corrected chi connectivity index (χ0v) is 11.3. The van der Waals surface area contributed by atoms with Gasteiger partial charge in [-0.3, -0.25) is 4.79 Å². The molecule has 1 heterocycles. The molecule has 1 amide bonds. The number of carbonyl (C=O) groups is 1. The van der Waals surface area contributed by atoms with Gasteiger partial charge in [0, 0.05) is 12.1 Å². The van der Waals surface area contributed by atoms with Crippen LogP contribution < -0.4 is 10.6 Å². The van der Waals surface area contributed by atoms with Crippen molar-refractivity contribution < 1.29 is 4.79 Å². The zero-order chi connectivity index (χ0) is 12.3. The minimum atomic E-state index is 0.102. The maximum absolute atomic E-state index is 12.0. The van der Waals surface area contributed by atoms with Crippen LogP contribution in [0.25, 0.3) is 0 Å². The molecule has 1 saturated carbocycles. The maximum atomic E-state index is 12.0. The van der Waals surface area contributed by atoms with Crippen LogP contribution in [0.4, 0.5) is 0 Å². The fourth-order valence-electron chi connectivity index (χ4n) is 2.38. The van der Waals surface area contributed by atoms with E-state index in [-0.39, 0.29) is 5.91 Å². The number of hydrogen-bond donors (Lipinski definition) is 2. The van der Waals surface area contributed by atoms with Crippen molar-refractivity contribution in [3.63, 3.8) is 0 Å². The van der Waals surface area contributed by atoms with E-state index in [9.17, 15) is 4.79 Å². The Bertz CT molecular complexity index is 381. The fraction of sp³-hybridized carbons (Fsp3) is 0.615. The lowest BCUT2D eigenvalue weighted by Crippen LogP contribution is -2.41. The van der Waals surface area contributed by atoms with E-state index in [0.717, 1.165) is 36.1 Å². The van der Waals surface area contributed by atoms with Crippen molar-refractivity contribution in [3.05, 3.63) is 21.9 Å². The van der Waals surface area contributed by atoms with Gasteiger partial charge in [0.15, 0.2) is 0 Å². The molecule has 2 rings (SSSR count). The predicted octanol–water partition coefficient (Wildman–Crippen LogP) is 2.32. The van der Waals surface area contributed by atoms with E-state index < -0.39 is 0 Å². The predicted molar refractivity (Wildman–Crippen MR) is 71.6 cm³/mol. The zero-order valence-electron chi connectivity index (χ0n) is 10.5. The fourth-order valence-corrected chi connectivity index (χ4v) is 3.21. The normalized spacial score (nSPS) is 24.6. The SMILES string of the molecule is CNC1CCC(NC(=O)c2sccc2C)CC1. The van der Waals surface area contributed by atoms with Crippen LogP contribution in [0.5, 0.6) is 0 Å². The molecule has 3 nitrogen and oxygen atoms in total. The second-order valence-electron chi connectivity index (χ2n) is 4.74. The van der Waals surface area contributed by atoms with Gasteiger partial charge in [-0.15, -0.1) is 11.3 Å². The van der Waals surface area contributed by atoms with Crippen LogP contribution in [-0.4, -0.2) is 25.0 Å². The minimum absolute atomic E-state index is 0.102. The number of nitrogens with one attached hydrogen (secondary N) is 2. The van der Waals surface area contributed by atoms with Gasteiger partial charge in [-0.1, -0.05) is 0 Å². The molecule has 2 N–H and O–H groups in total. The van der Waals surface area contributed by atoms with Gasteiger partial charge in [-0.05, 0) is 56.7 Å². The van der Waals surface area contributed by atoms with Crippen LogP contribution >= 0.6 is 11.3 Å². The van der Waals surface area contributed by atoms with Crippen molar-refractivity contribution in [1.82, 2.24) is 10.6 Å². The number of hydrogen-bond acceptors (Lipinski definition) is 3. The third-order valence-electron chi connectivity index (χ3n) is 3.54. The van der Waals surface area contributed by atoms with Gasteiger partial charge in [-0.25, -0.2) is 0 Å². The van der Waals surface area contributed by atoms with Crippen molar-refractivity contribution >= 4 is 17.2 Å². The first-order valence-corrected chi connectivity index (χ1v) is 7.11. The van der Waals surface area contributed by atoms with E-state index in [4.69, 9.17) is 0 Å². The molecule has 0 bridgehead atoms. The molecular weight excluding hydrogens is 232 g/mol. The van der Waals surface area contributed by atoms with Crippen molar-refractivity contribution in [2.24, 2.45) is 0 Å². The Kier molecular flexibility index (Phi) is 4.18. The highest BCUT2D eigenvalue weighted by molar-refractivity contribution is 7.12. The van der Waals surface area contributed by atoms with Crippen LogP contribution in [0.2, 0.25) is 0 Å². The lowest BCUT2D eigenvalue weighted by Gasteiger charge is -2.28. The molecule has 0 aliphatic heterocycles. The van der Waals surface area contributed by atoms with E-state index in [1.54, 1.807) is 0 Å². The van der Waals surface area contributed by atoms with Crippen molar-refractivity contribution in [2.45, 2.75) is 44.7 Å². The Morgan fingerprint density at radius 3 is 2.47 bits per heavy atom. The highest BCUT2D eigenvalue weighted by atomic mass is 32.1. The summed E-state index contributed by atoms with van der Waals surface area (Å²) in [7, 11) is 2.01. The van der Waals surface area contributed by atoms with Gasteiger partial charge in [-0.2, -0.15) is 0 Å². The van der Waals surface area contributed by atoms with Crippen LogP contribution in [-0.2, 0) is 0 Å². The van der Waals surface area contributed by atoms with Gasteiger partial charge >= 0.3 is 0 Å². The van der Waals surface area contributed by atoms with Gasteiger partial charge in [0.05, 0.1) is 4.88 Å². The molecule has 0 saturated heterocycles. The number of aryl methyl sites for hydroxylation is 1. The summed E-state index contributed by atoms with van der Waals surface area (Å²) in [5, 5.41) is 8.43. The number of amides is 1. The summed E-state index contributed by atoms with van der Waals surface area (Å²) in [6, 6.07) is 2.98. The first-order valence-electron chi connectivity index (χ1n) is 6.23. The van der Waals surface area contributed by atoms with Crippen molar-refractivity contribution in [1.29, 1.82) is 0 Å². The summed E-state index contributed by atoms with van der Waals surface area (Å²) in [6.07, 6.45) is 4.49. The Morgan fingerprint density at radius 1 is 1.29 bits per heavy atom. The molecule has 1 aliphatic carbocycles. The van der Waals surface area contributed by atoms with Crippen LogP contribution in [0, 0.1) is 6.92 Å². The summed E-state index contributed by atoms with van der Waals surface area (Å²) in [5.41, 5.74) is 1.08. The van der Waals surface area contributed by atoms with E-state index in [1.807, 2.05) is 25.4 Å². The van der Waals surface area contributed by atoms with E-state index in [2.05, 4.69) is 10.6 Å². The highest BCUT2D eigenvalue weighted by Crippen LogP contribution is 2.20. The summed E-state index contributed by atoms with van der Waals surface area (Å²) in [6.45, 7) is 1.99. The summed E-state index contributed by atoms with van der Waals surface area (Å²) in [4.78, 5) is 12.9. The Morgan fingerprint density at radius 2 is 1.94 bits per heavy atom. The van der Waals surface area contributed by atoms with Crippen molar-refractivity contribution in [2.75, 3.05) is 7.05 Å². The third-order valence-corrected chi connectivity index (χ3v) is 4.55.